The number of benzene rings is 1. The number of alkyl halides is 3. The van der Waals surface area contributed by atoms with Crippen molar-refractivity contribution < 1.29 is 23.1 Å². The molecule has 0 saturated heterocycles. The van der Waals surface area contributed by atoms with Gasteiger partial charge < -0.3 is 10.4 Å². The lowest BCUT2D eigenvalue weighted by Gasteiger charge is -2.27. The summed E-state index contributed by atoms with van der Waals surface area (Å²) in [6.07, 6.45) is -2.51. The first-order valence-electron chi connectivity index (χ1n) is 6.41. The lowest BCUT2D eigenvalue weighted by Crippen LogP contribution is -2.43. The summed E-state index contributed by atoms with van der Waals surface area (Å²) in [7, 11) is 0. The van der Waals surface area contributed by atoms with Gasteiger partial charge in [-0.25, -0.2) is 4.79 Å². The van der Waals surface area contributed by atoms with Gasteiger partial charge in [0, 0.05) is 5.69 Å². The van der Waals surface area contributed by atoms with Crippen LogP contribution in [0.1, 0.15) is 36.8 Å². The van der Waals surface area contributed by atoms with Crippen molar-refractivity contribution in [2.24, 2.45) is 0 Å². The Kier molecular flexibility index (Phi) is 3.81. The van der Waals surface area contributed by atoms with Gasteiger partial charge in [-0.15, -0.1) is 0 Å². The van der Waals surface area contributed by atoms with Crippen molar-refractivity contribution >= 4 is 11.7 Å². The highest BCUT2D eigenvalue weighted by Gasteiger charge is 2.42. The molecule has 1 aliphatic rings. The fourth-order valence-corrected chi connectivity index (χ4v) is 2.60. The maximum absolute atomic E-state index is 12.9. The number of aliphatic carboxylic acids is 1. The molecular formula is C14H13F3N2O2. The van der Waals surface area contributed by atoms with Crippen molar-refractivity contribution in [2.75, 3.05) is 5.32 Å². The van der Waals surface area contributed by atoms with E-state index in [2.05, 4.69) is 5.32 Å². The molecule has 0 unspecified atom stereocenters. The second kappa shape index (κ2) is 5.28. The van der Waals surface area contributed by atoms with Gasteiger partial charge in [-0.2, -0.15) is 18.4 Å². The van der Waals surface area contributed by atoms with Gasteiger partial charge in [-0.1, -0.05) is 12.8 Å². The topological polar surface area (TPSA) is 73.1 Å². The molecule has 0 aromatic heterocycles. The van der Waals surface area contributed by atoms with E-state index < -0.39 is 28.8 Å². The van der Waals surface area contributed by atoms with Crippen LogP contribution in [-0.4, -0.2) is 16.6 Å². The Bertz CT molecular complexity index is 599. The summed E-state index contributed by atoms with van der Waals surface area (Å²) >= 11 is 0. The minimum Gasteiger partial charge on any atom is -0.480 e. The van der Waals surface area contributed by atoms with Crippen LogP contribution in [0.2, 0.25) is 0 Å². The molecule has 1 aliphatic carbocycles. The molecule has 21 heavy (non-hydrogen) atoms. The van der Waals surface area contributed by atoms with E-state index in [1.165, 1.54) is 12.1 Å². The SMILES string of the molecule is N#Cc1ccc(NC2(C(=O)O)CCCC2)cc1C(F)(F)F. The fourth-order valence-electron chi connectivity index (χ4n) is 2.60. The number of halogens is 3. The minimum atomic E-state index is -4.66. The molecule has 0 spiro atoms. The normalized spacial score (nSPS) is 17.2. The Morgan fingerprint density at radius 3 is 2.43 bits per heavy atom. The van der Waals surface area contributed by atoms with Crippen LogP contribution in [0, 0.1) is 11.3 Å². The van der Waals surface area contributed by atoms with Crippen LogP contribution in [0.15, 0.2) is 18.2 Å². The van der Waals surface area contributed by atoms with Gasteiger partial charge in [-0.3, -0.25) is 0 Å². The first-order valence-corrected chi connectivity index (χ1v) is 6.41. The summed E-state index contributed by atoms with van der Waals surface area (Å²) in [5, 5.41) is 20.8. The second-order valence-electron chi connectivity index (χ2n) is 5.09. The van der Waals surface area contributed by atoms with Crippen molar-refractivity contribution in [3.05, 3.63) is 29.3 Å². The van der Waals surface area contributed by atoms with Gasteiger partial charge in [0.05, 0.1) is 17.2 Å². The van der Waals surface area contributed by atoms with Crippen molar-refractivity contribution in [1.29, 1.82) is 5.26 Å². The van der Waals surface area contributed by atoms with Gasteiger partial charge >= 0.3 is 12.1 Å². The average molecular weight is 298 g/mol. The molecule has 1 aromatic rings. The number of hydrogen-bond acceptors (Lipinski definition) is 3. The molecule has 1 saturated carbocycles. The van der Waals surface area contributed by atoms with E-state index in [0.717, 1.165) is 12.1 Å². The summed E-state index contributed by atoms with van der Waals surface area (Å²) in [5.74, 6) is -1.07. The Balaban J connectivity index is 2.38. The molecule has 112 valence electrons. The third-order valence-corrected chi connectivity index (χ3v) is 3.70. The zero-order chi connectivity index (χ0) is 15.7. The molecule has 7 heteroatoms. The molecule has 2 N–H and O–H groups in total. The number of rotatable bonds is 3. The fraction of sp³-hybridized carbons (Fsp3) is 0.429. The highest BCUT2D eigenvalue weighted by atomic mass is 19.4. The third-order valence-electron chi connectivity index (χ3n) is 3.70. The number of nitrogens with one attached hydrogen (secondary N) is 1. The third kappa shape index (κ3) is 2.94. The minimum absolute atomic E-state index is 0.0608. The standard InChI is InChI=1S/C14H13F3N2O2/c15-14(16,17)11-7-10(4-3-9(11)8-18)19-13(12(20)21)5-1-2-6-13/h3-4,7,19H,1-2,5-6H2,(H,20,21). The van der Waals surface area contributed by atoms with E-state index in [1.54, 1.807) is 0 Å². The van der Waals surface area contributed by atoms with Crippen molar-refractivity contribution in [3.8, 4) is 6.07 Å². The van der Waals surface area contributed by atoms with Crippen LogP contribution < -0.4 is 5.32 Å². The largest absolute Gasteiger partial charge is 0.480 e. The van der Waals surface area contributed by atoms with Crippen molar-refractivity contribution in [3.63, 3.8) is 0 Å². The van der Waals surface area contributed by atoms with Gasteiger partial charge in [0.2, 0.25) is 0 Å². The molecule has 2 rings (SSSR count). The number of carboxylic acid groups (broad SMARTS) is 1. The summed E-state index contributed by atoms with van der Waals surface area (Å²) in [6, 6.07) is 4.64. The van der Waals surface area contributed by atoms with Gasteiger partial charge in [0.1, 0.15) is 5.54 Å². The van der Waals surface area contributed by atoms with Gasteiger partial charge in [0.25, 0.3) is 0 Å². The number of anilines is 1. The number of carboxylic acids is 1. The van der Waals surface area contributed by atoms with E-state index in [1.807, 2.05) is 0 Å². The van der Waals surface area contributed by atoms with Crippen LogP contribution in [-0.2, 0) is 11.0 Å². The van der Waals surface area contributed by atoms with Gasteiger partial charge in [-0.05, 0) is 31.0 Å². The molecule has 0 heterocycles. The quantitative estimate of drug-likeness (QED) is 0.897. The molecule has 4 nitrogen and oxygen atoms in total. The first kappa shape index (κ1) is 15.2. The van der Waals surface area contributed by atoms with Crippen molar-refractivity contribution in [2.45, 2.75) is 37.4 Å². The maximum atomic E-state index is 12.9. The van der Waals surface area contributed by atoms with E-state index in [4.69, 9.17) is 5.26 Å². The van der Waals surface area contributed by atoms with Crippen LogP contribution in [0.4, 0.5) is 18.9 Å². The molecule has 0 amide bonds. The van der Waals surface area contributed by atoms with Crippen molar-refractivity contribution in [1.82, 2.24) is 0 Å². The number of carbonyl (C=O) groups is 1. The lowest BCUT2D eigenvalue weighted by atomic mass is 9.96. The summed E-state index contributed by atoms with van der Waals surface area (Å²) in [4.78, 5) is 11.4. The lowest BCUT2D eigenvalue weighted by molar-refractivity contribution is -0.142. The highest BCUT2D eigenvalue weighted by molar-refractivity contribution is 5.83. The molecule has 1 fully saturated rings. The van der Waals surface area contributed by atoms with Gasteiger partial charge in [0.15, 0.2) is 0 Å². The van der Waals surface area contributed by atoms with Crippen LogP contribution >= 0.6 is 0 Å². The number of hydrogen-bond donors (Lipinski definition) is 2. The molecule has 0 bridgehead atoms. The van der Waals surface area contributed by atoms with Crippen LogP contribution in [0.25, 0.3) is 0 Å². The van der Waals surface area contributed by atoms with E-state index >= 15 is 0 Å². The molecule has 0 aliphatic heterocycles. The summed E-state index contributed by atoms with van der Waals surface area (Å²) in [5.41, 5.74) is -2.71. The van der Waals surface area contributed by atoms with Crippen LogP contribution in [0.3, 0.4) is 0 Å². The Morgan fingerprint density at radius 2 is 1.95 bits per heavy atom. The number of nitriles is 1. The van der Waals surface area contributed by atoms with E-state index in [0.29, 0.717) is 25.7 Å². The van der Waals surface area contributed by atoms with Crippen LogP contribution in [0.5, 0.6) is 0 Å². The molecule has 0 radical (unpaired) electrons. The molecular weight excluding hydrogens is 285 g/mol. The van der Waals surface area contributed by atoms with E-state index in [-0.39, 0.29) is 5.69 Å². The molecule has 1 aromatic carbocycles. The Morgan fingerprint density at radius 1 is 1.33 bits per heavy atom. The molecule has 0 atom stereocenters. The predicted octanol–water partition coefficient (Wildman–Crippen LogP) is 3.39. The predicted molar refractivity (Wildman–Crippen MR) is 68.6 cm³/mol. The summed E-state index contributed by atoms with van der Waals surface area (Å²) in [6.45, 7) is 0. The second-order valence-corrected chi connectivity index (χ2v) is 5.09. The smallest absolute Gasteiger partial charge is 0.417 e. The zero-order valence-corrected chi connectivity index (χ0v) is 11.0. The number of nitrogens with zero attached hydrogens (tertiary/aromatic N) is 1. The Labute approximate surface area is 119 Å². The monoisotopic (exact) mass is 298 g/mol. The first-order chi connectivity index (χ1) is 9.78. The zero-order valence-electron chi connectivity index (χ0n) is 11.0. The maximum Gasteiger partial charge on any atom is 0.417 e. The Hall–Kier alpha value is -2.23. The highest BCUT2D eigenvalue weighted by Crippen LogP contribution is 2.37. The summed E-state index contributed by atoms with van der Waals surface area (Å²) < 4.78 is 38.7. The average Bonchev–Trinajstić information content (AvgIpc) is 2.87. The van der Waals surface area contributed by atoms with E-state index in [9.17, 15) is 23.1 Å².